The standard InChI is InChI=1S/C10H15ClO/c1-7-4-5-8(6-9(11)12)10(7,2)3/h4,8H,5-6H2,1-3H3. The van der Waals surface area contributed by atoms with Crippen LogP contribution in [0.2, 0.25) is 0 Å². The number of carbonyl (C=O) groups is 1. The monoisotopic (exact) mass is 186 g/mol. The Balaban J connectivity index is 2.67. The third kappa shape index (κ3) is 1.71. The molecule has 1 nitrogen and oxygen atoms in total. The van der Waals surface area contributed by atoms with Gasteiger partial charge in [-0.05, 0) is 36.3 Å². The van der Waals surface area contributed by atoms with Crippen molar-refractivity contribution in [2.75, 3.05) is 0 Å². The van der Waals surface area contributed by atoms with Crippen molar-refractivity contribution in [3.63, 3.8) is 0 Å². The summed E-state index contributed by atoms with van der Waals surface area (Å²) in [5.41, 5.74) is 1.54. The van der Waals surface area contributed by atoms with Crippen LogP contribution in [0, 0.1) is 11.3 Å². The van der Waals surface area contributed by atoms with Crippen LogP contribution in [0.25, 0.3) is 0 Å². The fraction of sp³-hybridized carbons (Fsp3) is 0.700. The Morgan fingerprint density at radius 1 is 1.75 bits per heavy atom. The molecule has 0 aromatic carbocycles. The third-order valence-corrected chi connectivity index (χ3v) is 3.31. The number of rotatable bonds is 2. The molecule has 1 atom stereocenters. The van der Waals surface area contributed by atoms with Crippen LogP contribution in [0.5, 0.6) is 0 Å². The second-order valence-electron chi connectivity index (χ2n) is 4.10. The Kier molecular flexibility index (Phi) is 2.62. The molecule has 68 valence electrons. The first kappa shape index (κ1) is 9.79. The Morgan fingerprint density at radius 2 is 2.33 bits per heavy atom. The first-order valence-electron chi connectivity index (χ1n) is 4.30. The van der Waals surface area contributed by atoms with Gasteiger partial charge in [0.15, 0.2) is 0 Å². The molecule has 2 heteroatoms. The summed E-state index contributed by atoms with van der Waals surface area (Å²) < 4.78 is 0. The molecule has 1 unspecified atom stereocenters. The van der Waals surface area contributed by atoms with Gasteiger partial charge in [-0.25, -0.2) is 0 Å². The van der Waals surface area contributed by atoms with Gasteiger partial charge < -0.3 is 0 Å². The van der Waals surface area contributed by atoms with E-state index in [4.69, 9.17) is 11.6 Å². The fourth-order valence-corrected chi connectivity index (χ4v) is 1.92. The van der Waals surface area contributed by atoms with Gasteiger partial charge >= 0.3 is 0 Å². The maximum atomic E-state index is 10.7. The molecule has 0 aromatic rings. The van der Waals surface area contributed by atoms with Gasteiger partial charge in [-0.3, -0.25) is 4.79 Å². The van der Waals surface area contributed by atoms with Crippen molar-refractivity contribution >= 4 is 16.8 Å². The molecule has 1 aliphatic rings. The summed E-state index contributed by atoms with van der Waals surface area (Å²) >= 11 is 5.37. The SMILES string of the molecule is CC1=CCC(CC(=O)Cl)C1(C)C. The molecular formula is C10H15ClO. The Labute approximate surface area is 78.8 Å². The van der Waals surface area contributed by atoms with Crippen molar-refractivity contribution in [1.82, 2.24) is 0 Å². The number of halogens is 1. The van der Waals surface area contributed by atoms with E-state index in [1.165, 1.54) is 5.57 Å². The van der Waals surface area contributed by atoms with Crippen LogP contribution in [-0.2, 0) is 4.79 Å². The second-order valence-corrected chi connectivity index (χ2v) is 4.52. The van der Waals surface area contributed by atoms with Crippen molar-refractivity contribution in [2.45, 2.75) is 33.6 Å². The first-order chi connectivity index (χ1) is 5.44. The summed E-state index contributed by atoms with van der Waals surface area (Å²) in [6, 6.07) is 0. The van der Waals surface area contributed by atoms with Crippen LogP contribution in [0.4, 0.5) is 0 Å². The molecule has 0 spiro atoms. The van der Waals surface area contributed by atoms with E-state index in [9.17, 15) is 4.79 Å². The highest BCUT2D eigenvalue weighted by molar-refractivity contribution is 6.63. The van der Waals surface area contributed by atoms with Crippen LogP contribution in [0.15, 0.2) is 11.6 Å². The van der Waals surface area contributed by atoms with E-state index in [-0.39, 0.29) is 10.7 Å². The highest BCUT2D eigenvalue weighted by Gasteiger charge is 2.35. The lowest BCUT2D eigenvalue weighted by Gasteiger charge is -2.28. The average Bonchev–Trinajstić information content (AvgIpc) is 2.15. The van der Waals surface area contributed by atoms with Gasteiger partial charge in [0.05, 0.1) is 0 Å². The van der Waals surface area contributed by atoms with E-state index in [1.807, 2.05) is 0 Å². The minimum atomic E-state index is -0.212. The summed E-state index contributed by atoms with van der Waals surface area (Å²) in [5, 5.41) is -0.212. The molecule has 0 radical (unpaired) electrons. The van der Waals surface area contributed by atoms with E-state index in [0.717, 1.165) is 6.42 Å². The highest BCUT2D eigenvalue weighted by atomic mass is 35.5. The largest absolute Gasteiger partial charge is 0.281 e. The van der Waals surface area contributed by atoms with E-state index < -0.39 is 0 Å². The van der Waals surface area contributed by atoms with E-state index in [2.05, 4.69) is 26.8 Å². The highest BCUT2D eigenvalue weighted by Crippen LogP contribution is 2.44. The predicted molar refractivity (Wildman–Crippen MR) is 51.1 cm³/mol. The molecule has 0 bridgehead atoms. The van der Waals surface area contributed by atoms with Crippen LogP contribution < -0.4 is 0 Å². The predicted octanol–water partition coefficient (Wildman–Crippen LogP) is 3.13. The van der Waals surface area contributed by atoms with Crippen molar-refractivity contribution < 1.29 is 4.79 Å². The average molecular weight is 187 g/mol. The molecule has 0 fully saturated rings. The third-order valence-electron chi connectivity index (χ3n) is 3.15. The molecule has 0 aliphatic heterocycles. The van der Waals surface area contributed by atoms with Crippen molar-refractivity contribution in [3.05, 3.63) is 11.6 Å². The normalized spacial score (nSPS) is 27.0. The van der Waals surface area contributed by atoms with Gasteiger partial charge in [0.25, 0.3) is 0 Å². The van der Waals surface area contributed by atoms with Crippen molar-refractivity contribution in [1.29, 1.82) is 0 Å². The van der Waals surface area contributed by atoms with E-state index in [0.29, 0.717) is 12.3 Å². The lowest BCUT2D eigenvalue weighted by Crippen LogP contribution is -2.21. The molecule has 0 saturated carbocycles. The summed E-state index contributed by atoms with van der Waals surface area (Å²) in [4.78, 5) is 10.7. The van der Waals surface area contributed by atoms with Gasteiger partial charge in [0.1, 0.15) is 0 Å². The molecule has 1 aliphatic carbocycles. The lowest BCUT2D eigenvalue weighted by molar-refractivity contribution is -0.113. The number of carbonyl (C=O) groups excluding carboxylic acids is 1. The minimum Gasteiger partial charge on any atom is -0.281 e. The molecule has 0 aromatic heterocycles. The molecule has 1 rings (SSSR count). The zero-order chi connectivity index (χ0) is 9.35. The van der Waals surface area contributed by atoms with Gasteiger partial charge in [0, 0.05) is 6.42 Å². The second kappa shape index (κ2) is 3.21. The smallest absolute Gasteiger partial charge is 0.221 e. The Morgan fingerprint density at radius 3 is 2.67 bits per heavy atom. The van der Waals surface area contributed by atoms with Crippen LogP contribution in [-0.4, -0.2) is 5.24 Å². The molecule has 0 amide bonds. The van der Waals surface area contributed by atoms with Crippen LogP contribution in [0.3, 0.4) is 0 Å². The summed E-state index contributed by atoms with van der Waals surface area (Å²) in [7, 11) is 0. The number of hydrogen-bond acceptors (Lipinski definition) is 1. The Hall–Kier alpha value is -0.300. The Bertz CT molecular complexity index is 228. The van der Waals surface area contributed by atoms with Gasteiger partial charge in [-0.15, -0.1) is 0 Å². The molecular weight excluding hydrogens is 172 g/mol. The van der Waals surface area contributed by atoms with Crippen molar-refractivity contribution in [2.24, 2.45) is 11.3 Å². The van der Waals surface area contributed by atoms with E-state index >= 15 is 0 Å². The lowest BCUT2D eigenvalue weighted by atomic mass is 9.76. The van der Waals surface area contributed by atoms with Gasteiger partial charge in [-0.2, -0.15) is 0 Å². The first-order valence-corrected chi connectivity index (χ1v) is 4.68. The zero-order valence-electron chi connectivity index (χ0n) is 7.86. The fourth-order valence-electron chi connectivity index (χ4n) is 1.73. The summed E-state index contributed by atoms with van der Waals surface area (Å²) in [6.45, 7) is 6.48. The van der Waals surface area contributed by atoms with Gasteiger partial charge in [0.2, 0.25) is 5.24 Å². The van der Waals surface area contributed by atoms with Gasteiger partial charge in [-0.1, -0.05) is 25.5 Å². The number of allylic oxidation sites excluding steroid dienone is 2. The number of hydrogen-bond donors (Lipinski definition) is 0. The minimum absolute atomic E-state index is 0.157. The molecule has 12 heavy (non-hydrogen) atoms. The summed E-state index contributed by atoms with van der Waals surface area (Å²) in [5.74, 6) is 0.405. The maximum absolute atomic E-state index is 10.7. The molecule has 0 N–H and O–H groups in total. The van der Waals surface area contributed by atoms with Crippen LogP contribution in [0.1, 0.15) is 33.6 Å². The van der Waals surface area contributed by atoms with Crippen molar-refractivity contribution in [3.8, 4) is 0 Å². The summed E-state index contributed by atoms with van der Waals surface area (Å²) in [6.07, 6.45) is 3.71. The van der Waals surface area contributed by atoms with Crippen LogP contribution >= 0.6 is 11.6 Å². The topological polar surface area (TPSA) is 17.1 Å². The maximum Gasteiger partial charge on any atom is 0.221 e. The molecule has 0 saturated heterocycles. The molecule has 0 heterocycles. The van der Waals surface area contributed by atoms with E-state index in [1.54, 1.807) is 0 Å². The quantitative estimate of drug-likeness (QED) is 0.479. The zero-order valence-corrected chi connectivity index (χ0v) is 8.61.